The molecule has 0 amide bonds. The molecule has 0 aliphatic carbocycles. The van der Waals surface area contributed by atoms with Crippen LogP contribution in [-0.4, -0.2) is 27.0 Å². The highest BCUT2D eigenvalue weighted by Crippen LogP contribution is 2.34. The minimum absolute atomic E-state index is 0.710. The van der Waals surface area contributed by atoms with Crippen molar-refractivity contribution in [2.45, 2.75) is 0 Å². The number of methoxy groups -OCH3 is 1. The molecule has 1 N–H and O–H groups in total. The van der Waals surface area contributed by atoms with E-state index < -0.39 is 11.0 Å². The lowest BCUT2D eigenvalue weighted by Gasteiger charge is -2.12. The van der Waals surface area contributed by atoms with Crippen molar-refractivity contribution in [2.24, 2.45) is 0 Å². The van der Waals surface area contributed by atoms with Gasteiger partial charge in [0.2, 0.25) is 0 Å². The van der Waals surface area contributed by atoms with E-state index in [-0.39, 0.29) is 0 Å². The smallest absolute Gasteiger partial charge is 0.128 e. The van der Waals surface area contributed by atoms with Crippen LogP contribution in [0.4, 0.5) is 5.69 Å². The first kappa shape index (κ1) is 13.6. The summed E-state index contributed by atoms with van der Waals surface area (Å²) in [5.74, 6) is 0.710. The van der Waals surface area contributed by atoms with Gasteiger partial charge in [0.1, 0.15) is 16.7 Å². The predicted molar refractivity (Wildman–Crippen MR) is 84.9 cm³/mol. The average Bonchev–Trinajstić information content (AvgIpc) is 2.95. The second kappa shape index (κ2) is 5.57. The first-order chi connectivity index (χ1) is 10.2. The number of rotatable bonds is 4. The molecule has 0 aliphatic heterocycles. The summed E-state index contributed by atoms with van der Waals surface area (Å²) in [7, 11) is 0.506. The maximum atomic E-state index is 11.3. The highest BCUT2D eigenvalue weighted by Gasteiger charge is 2.11. The van der Waals surface area contributed by atoms with E-state index in [1.165, 1.54) is 0 Å². The number of benzene rings is 1. The number of hydrogen-bond donors (Lipinski definition) is 1. The molecule has 0 aliphatic rings. The summed E-state index contributed by atoms with van der Waals surface area (Å²) >= 11 is 0. The summed E-state index contributed by atoms with van der Waals surface area (Å²) in [6.07, 6.45) is 7.12. The fourth-order valence-corrected chi connectivity index (χ4v) is 2.78. The first-order valence-corrected chi connectivity index (χ1v) is 7.94. The number of fused-ring (bicyclic) bond motifs is 1. The molecule has 21 heavy (non-hydrogen) atoms. The predicted octanol–water partition coefficient (Wildman–Crippen LogP) is 2.72. The van der Waals surface area contributed by atoms with Crippen LogP contribution in [0.25, 0.3) is 16.6 Å². The van der Waals surface area contributed by atoms with Crippen molar-refractivity contribution in [3.05, 3.63) is 49.1 Å². The Bertz CT molecular complexity index is 814. The Morgan fingerprint density at radius 3 is 2.90 bits per heavy atom. The summed E-state index contributed by atoms with van der Waals surface area (Å²) < 4.78 is 21.5. The van der Waals surface area contributed by atoms with E-state index in [4.69, 9.17) is 4.74 Å². The van der Waals surface area contributed by atoms with Crippen molar-refractivity contribution >= 4 is 22.2 Å². The van der Waals surface area contributed by atoms with Gasteiger partial charge >= 0.3 is 0 Å². The van der Waals surface area contributed by atoms with E-state index in [1.807, 2.05) is 47.1 Å². The largest absolute Gasteiger partial charge is 0.496 e. The van der Waals surface area contributed by atoms with E-state index in [9.17, 15) is 4.21 Å². The molecule has 2 heterocycles. The van der Waals surface area contributed by atoms with Gasteiger partial charge in [-0.2, -0.15) is 0 Å². The fourth-order valence-electron chi connectivity index (χ4n) is 2.32. The maximum absolute atomic E-state index is 11.3. The van der Waals surface area contributed by atoms with Crippen LogP contribution in [0, 0.1) is 0 Å². The molecule has 0 fully saturated rings. The van der Waals surface area contributed by atoms with Crippen LogP contribution >= 0.6 is 0 Å². The second-order valence-electron chi connectivity index (χ2n) is 4.58. The summed E-state index contributed by atoms with van der Waals surface area (Å²) in [4.78, 5) is 4.25. The Labute approximate surface area is 125 Å². The molecule has 0 spiro atoms. The van der Waals surface area contributed by atoms with Gasteiger partial charge in [0.15, 0.2) is 0 Å². The lowest BCUT2D eigenvalue weighted by atomic mass is 10.1. The van der Waals surface area contributed by atoms with Gasteiger partial charge < -0.3 is 13.9 Å². The molecule has 1 unspecified atom stereocenters. The zero-order chi connectivity index (χ0) is 14.8. The van der Waals surface area contributed by atoms with E-state index in [1.54, 1.807) is 19.7 Å². The second-order valence-corrected chi connectivity index (χ2v) is 5.69. The molecule has 1 aromatic carbocycles. The molecule has 0 saturated carbocycles. The van der Waals surface area contributed by atoms with Crippen LogP contribution in [0.15, 0.2) is 49.1 Å². The van der Waals surface area contributed by atoms with Crippen molar-refractivity contribution in [2.75, 3.05) is 18.1 Å². The minimum atomic E-state index is -1.12. The first-order valence-electron chi connectivity index (χ1n) is 6.38. The Kier molecular flexibility index (Phi) is 3.62. The summed E-state index contributed by atoms with van der Waals surface area (Å²) in [6, 6.07) is 9.67. The average molecular weight is 301 g/mol. The Morgan fingerprint density at radius 1 is 1.29 bits per heavy atom. The van der Waals surface area contributed by atoms with Crippen molar-refractivity contribution in [3.63, 3.8) is 0 Å². The van der Waals surface area contributed by atoms with Crippen molar-refractivity contribution < 1.29 is 8.95 Å². The zero-order valence-corrected chi connectivity index (χ0v) is 12.6. The van der Waals surface area contributed by atoms with Crippen molar-refractivity contribution in [1.82, 2.24) is 9.38 Å². The topological polar surface area (TPSA) is 55.6 Å². The molecule has 6 heteroatoms. The number of aromatic nitrogens is 2. The fraction of sp³-hybridized carbons (Fsp3) is 0.133. The van der Waals surface area contributed by atoms with Crippen molar-refractivity contribution in [1.29, 1.82) is 0 Å². The monoisotopic (exact) mass is 301 g/mol. The highest BCUT2D eigenvalue weighted by molar-refractivity contribution is 7.85. The molecule has 0 radical (unpaired) electrons. The normalized spacial score (nSPS) is 12.3. The Hall–Kier alpha value is -2.34. The molecular formula is C15H15N3O2S. The molecule has 3 aromatic rings. The number of ether oxygens (including phenoxy) is 1. The summed E-state index contributed by atoms with van der Waals surface area (Å²) in [5.41, 5.74) is 3.75. The van der Waals surface area contributed by atoms with Gasteiger partial charge in [-0.1, -0.05) is 0 Å². The van der Waals surface area contributed by atoms with Gasteiger partial charge in [-0.25, -0.2) is 9.19 Å². The van der Waals surface area contributed by atoms with E-state index in [2.05, 4.69) is 9.71 Å². The van der Waals surface area contributed by atoms with Gasteiger partial charge in [-0.05, 0) is 24.3 Å². The van der Waals surface area contributed by atoms with Crippen LogP contribution in [-0.2, 0) is 11.0 Å². The third kappa shape index (κ3) is 2.62. The Morgan fingerprint density at radius 2 is 2.14 bits per heavy atom. The van der Waals surface area contributed by atoms with Crippen LogP contribution in [0.5, 0.6) is 5.75 Å². The van der Waals surface area contributed by atoms with Crippen LogP contribution in [0.3, 0.4) is 0 Å². The molecule has 0 saturated heterocycles. The number of nitrogens with zero attached hydrogens (tertiary/aromatic N) is 2. The third-order valence-corrected chi connectivity index (χ3v) is 3.73. The minimum Gasteiger partial charge on any atom is -0.496 e. The van der Waals surface area contributed by atoms with Crippen LogP contribution < -0.4 is 9.46 Å². The van der Waals surface area contributed by atoms with Gasteiger partial charge in [0, 0.05) is 41.5 Å². The van der Waals surface area contributed by atoms with E-state index >= 15 is 0 Å². The SMILES string of the molecule is COc1cc(NS(C)=O)ccc1-c1cncn2cccc12. The zero-order valence-electron chi connectivity index (χ0n) is 11.7. The maximum Gasteiger partial charge on any atom is 0.128 e. The highest BCUT2D eigenvalue weighted by atomic mass is 32.2. The molecule has 0 bridgehead atoms. The van der Waals surface area contributed by atoms with Crippen LogP contribution in [0.1, 0.15) is 0 Å². The van der Waals surface area contributed by atoms with Gasteiger partial charge in [0.05, 0.1) is 19.0 Å². The quantitative estimate of drug-likeness (QED) is 0.806. The van der Waals surface area contributed by atoms with E-state index in [0.29, 0.717) is 5.75 Å². The van der Waals surface area contributed by atoms with Gasteiger partial charge in [-0.15, -0.1) is 0 Å². The molecule has 5 nitrogen and oxygen atoms in total. The molecule has 3 rings (SSSR count). The third-order valence-electron chi connectivity index (χ3n) is 3.20. The molecule has 2 aromatic heterocycles. The van der Waals surface area contributed by atoms with Crippen molar-refractivity contribution in [3.8, 4) is 16.9 Å². The van der Waals surface area contributed by atoms with Crippen LogP contribution in [0.2, 0.25) is 0 Å². The Balaban J connectivity index is 2.13. The van der Waals surface area contributed by atoms with E-state index in [0.717, 1.165) is 22.3 Å². The number of hydrogen-bond acceptors (Lipinski definition) is 3. The molecule has 108 valence electrons. The number of anilines is 1. The lowest BCUT2D eigenvalue weighted by Crippen LogP contribution is -2.01. The number of nitrogens with one attached hydrogen (secondary N) is 1. The van der Waals surface area contributed by atoms with Gasteiger partial charge in [0.25, 0.3) is 0 Å². The lowest BCUT2D eigenvalue weighted by molar-refractivity contribution is 0.416. The summed E-state index contributed by atoms with van der Waals surface area (Å²) in [6.45, 7) is 0. The van der Waals surface area contributed by atoms with Gasteiger partial charge in [-0.3, -0.25) is 0 Å². The molecule has 1 atom stereocenters. The summed E-state index contributed by atoms with van der Waals surface area (Å²) in [5, 5.41) is 0. The standard InChI is InChI=1S/C15H15N3O2S/c1-20-15-8-11(17-21(2)19)5-6-12(15)13-9-16-10-18-7-3-4-14(13)18/h3-10,17H,1-2H3. The molecular weight excluding hydrogens is 286 g/mol.